The first kappa shape index (κ1) is 31.9. The fraction of sp³-hybridized carbons (Fsp3) is 0.536. The van der Waals surface area contributed by atoms with Crippen LogP contribution >= 0.6 is 10.3 Å². The van der Waals surface area contributed by atoms with E-state index in [1.807, 2.05) is 39.2 Å². The maximum absolute atomic E-state index is 12.9. The van der Waals surface area contributed by atoms with Gasteiger partial charge in [0, 0.05) is 24.8 Å². The summed E-state index contributed by atoms with van der Waals surface area (Å²) in [6.45, 7) is 8.91. The predicted octanol–water partition coefficient (Wildman–Crippen LogP) is 5.67. The lowest BCUT2D eigenvalue weighted by Crippen LogP contribution is -2.29. The normalized spacial score (nSPS) is 14.8. The predicted molar refractivity (Wildman–Crippen MR) is 152 cm³/mol. The molecular weight excluding hydrogens is 528 g/mol. The Morgan fingerprint density at radius 3 is 2.24 bits per heavy atom. The lowest BCUT2D eigenvalue weighted by molar-refractivity contribution is -0.153. The number of carbonyl (C=O) groups excluding carboxylic acids is 1. The van der Waals surface area contributed by atoms with Crippen molar-refractivity contribution in [3.05, 3.63) is 54.1 Å². The summed E-state index contributed by atoms with van der Waals surface area (Å²) in [7, 11) is -5.69. The number of ether oxygens (including phenoxy) is 4. The van der Waals surface area contributed by atoms with Gasteiger partial charge in [-0.05, 0) is 63.0 Å². The zero-order valence-corrected chi connectivity index (χ0v) is 24.8. The van der Waals surface area contributed by atoms with Crippen LogP contribution < -0.4 is 9.47 Å². The standard InChI is InChI=1S/C28H42O8S2/c1-6-18-37(5,36-38(30,31)27-15-13-23(4)14-16-27)19-10-17-33-24-11-9-12-25(20-24)34-22-26(21-32-8-3)35-28(29)7-2/h9,11-16,20,26H,6-8,10,17-19,21-22H2,1-5H3. The highest BCUT2D eigenvalue weighted by Crippen LogP contribution is 2.49. The molecule has 2 atom stereocenters. The van der Waals surface area contributed by atoms with Crippen LogP contribution in [0.5, 0.6) is 11.5 Å². The third kappa shape index (κ3) is 11.2. The van der Waals surface area contributed by atoms with E-state index in [4.69, 9.17) is 22.6 Å². The van der Waals surface area contributed by atoms with Crippen LogP contribution in [-0.4, -0.2) is 64.7 Å². The van der Waals surface area contributed by atoms with E-state index in [2.05, 4.69) is 0 Å². The van der Waals surface area contributed by atoms with Crippen molar-refractivity contribution in [2.45, 2.75) is 58.0 Å². The summed E-state index contributed by atoms with van der Waals surface area (Å²) >= 11 is 0. The number of hydrogen-bond donors (Lipinski definition) is 0. The highest BCUT2D eigenvalue weighted by molar-refractivity contribution is 8.32. The van der Waals surface area contributed by atoms with Gasteiger partial charge in [0.05, 0.1) is 18.1 Å². The van der Waals surface area contributed by atoms with Crippen LogP contribution in [0, 0.1) is 6.92 Å². The summed E-state index contributed by atoms with van der Waals surface area (Å²) in [5, 5.41) is 0. The lowest BCUT2D eigenvalue weighted by Gasteiger charge is -2.34. The maximum atomic E-state index is 12.9. The zero-order valence-electron chi connectivity index (χ0n) is 23.1. The molecule has 8 nitrogen and oxygen atoms in total. The molecule has 0 saturated heterocycles. The molecule has 10 heteroatoms. The molecule has 2 aromatic carbocycles. The Balaban J connectivity index is 1.90. The van der Waals surface area contributed by atoms with Gasteiger partial charge in [-0.2, -0.15) is 8.42 Å². The van der Waals surface area contributed by atoms with Crippen LogP contribution in [0.25, 0.3) is 0 Å². The van der Waals surface area contributed by atoms with E-state index < -0.39 is 26.5 Å². The summed E-state index contributed by atoms with van der Waals surface area (Å²) in [6, 6.07) is 13.9. The maximum Gasteiger partial charge on any atom is 0.306 e. The molecule has 0 aliphatic rings. The molecule has 214 valence electrons. The Morgan fingerprint density at radius 1 is 0.921 bits per heavy atom. The molecule has 2 rings (SSSR count). The minimum atomic E-state index is -3.84. The van der Waals surface area contributed by atoms with E-state index in [9.17, 15) is 13.2 Å². The van der Waals surface area contributed by atoms with Gasteiger partial charge in [-0.15, -0.1) is 10.3 Å². The number of benzene rings is 2. The van der Waals surface area contributed by atoms with Crippen LogP contribution in [0.2, 0.25) is 0 Å². The second-order valence-electron chi connectivity index (χ2n) is 9.04. The molecule has 2 unspecified atom stereocenters. The van der Waals surface area contributed by atoms with Gasteiger partial charge in [-0.1, -0.05) is 37.6 Å². The van der Waals surface area contributed by atoms with Crippen molar-refractivity contribution in [2.24, 2.45) is 0 Å². The summed E-state index contributed by atoms with van der Waals surface area (Å²) in [5.74, 6) is 2.21. The topological polar surface area (TPSA) is 97.4 Å². The fourth-order valence-electron chi connectivity index (χ4n) is 3.59. The van der Waals surface area contributed by atoms with Crippen molar-refractivity contribution in [1.82, 2.24) is 0 Å². The van der Waals surface area contributed by atoms with Crippen molar-refractivity contribution in [3.8, 4) is 11.5 Å². The Morgan fingerprint density at radius 2 is 1.61 bits per heavy atom. The van der Waals surface area contributed by atoms with Crippen molar-refractivity contribution in [3.63, 3.8) is 0 Å². The van der Waals surface area contributed by atoms with Gasteiger partial charge >= 0.3 is 16.1 Å². The first-order chi connectivity index (χ1) is 18.1. The molecule has 0 radical (unpaired) electrons. The molecule has 0 bridgehead atoms. The Kier molecular flexibility index (Phi) is 13.4. The van der Waals surface area contributed by atoms with Gasteiger partial charge in [-0.3, -0.25) is 4.79 Å². The van der Waals surface area contributed by atoms with Crippen LogP contribution in [0.15, 0.2) is 53.4 Å². The minimum Gasteiger partial charge on any atom is -0.493 e. The quantitative estimate of drug-likeness (QED) is 0.167. The van der Waals surface area contributed by atoms with E-state index in [1.165, 1.54) is 0 Å². The third-order valence-corrected chi connectivity index (χ3v) is 10.8. The smallest absolute Gasteiger partial charge is 0.306 e. The second-order valence-corrected chi connectivity index (χ2v) is 14.1. The van der Waals surface area contributed by atoms with Crippen molar-refractivity contribution in [1.29, 1.82) is 0 Å². The number of aryl methyl sites for hydroxylation is 1. The molecule has 0 saturated carbocycles. The molecule has 0 heterocycles. The summed E-state index contributed by atoms with van der Waals surface area (Å²) < 4.78 is 54.1. The fourth-order valence-corrected chi connectivity index (χ4v) is 8.45. The number of carbonyl (C=O) groups is 1. The van der Waals surface area contributed by atoms with Gasteiger partial charge in [-0.25, -0.2) is 3.63 Å². The Labute approximate surface area is 229 Å². The SMILES string of the molecule is CCCS(C)(CCCOc1cccc(OCC(COCC)OC(=O)CC)c1)OS(=O)(=O)c1ccc(C)cc1. The highest BCUT2D eigenvalue weighted by Gasteiger charge is 2.27. The second kappa shape index (κ2) is 16.0. The summed E-state index contributed by atoms with van der Waals surface area (Å²) in [4.78, 5) is 11.9. The number of rotatable bonds is 18. The molecule has 0 spiro atoms. The molecule has 0 aliphatic heterocycles. The summed E-state index contributed by atoms with van der Waals surface area (Å²) in [6.07, 6.45) is 3.17. The van der Waals surface area contributed by atoms with Gasteiger partial charge in [0.2, 0.25) is 0 Å². The van der Waals surface area contributed by atoms with Crippen LogP contribution in [0.1, 0.15) is 45.6 Å². The average molecular weight is 571 g/mol. The zero-order chi connectivity index (χ0) is 28.0. The molecule has 0 aliphatic carbocycles. The van der Waals surface area contributed by atoms with Crippen molar-refractivity contribution in [2.75, 3.05) is 44.2 Å². The van der Waals surface area contributed by atoms with Gasteiger partial charge < -0.3 is 18.9 Å². The van der Waals surface area contributed by atoms with E-state index in [0.29, 0.717) is 42.6 Å². The van der Waals surface area contributed by atoms with Crippen LogP contribution in [0.3, 0.4) is 0 Å². The first-order valence-electron chi connectivity index (χ1n) is 13.0. The van der Waals surface area contributed by atoms with E-state index in [0.717, 1.165) is 12.0 Å². The third-order valence-electron chi connectivity index (χ3n) is 5.52. The average Bonchev–Trinajstić information content (AvgIpc) is 2.88. The molecular formula is C28H42O8S2. The molecule has 2 aromatic rings. The monoisotopic (exact) mass is 570 g/mol. The Bertz CT molecular complexity index is 1090. The lowest BCUT2D eigenvalue weighted by atomic mass is 10.2. The number of esters is 1. The first-order valence-corrected chi connectivity index (χ1v) is 16.7. The van der Waals surface area contributed by atoms with Crippen molar-refractivity contribution >= 4 is 26.4 Å². The van der Waals surface area contributed by atoms with Gasteiger partial charge in [0.1, 0.15) is 18.1 Å². The minimum absolute atomic E-state index is 0.167. The van der Waals surface area contributed by atoms with E-state index in [-0.39, 0.29) is 30.5 Å². The van der Waals surface area contributed by atoms with Crippen LogP contribution in [-0.2, 0) is 28.0 Å². The number of hydrogen-bond acceptors (Lipinski definition) is 8. The van der Waals surface area contributed by atoms with Crippen molar-refractivity contribution < 1.29 is 35.8 Å². The largest absolute Gasteiger partial charge is 0.493 e. The van der Waals surface area contributed by atoms with E-state index >= 15 is 0 Å². The van der Waals surface area contributed by atoms with Crippen LogP contribution in [0.4, 0.5) is 0 Å². The highest BCUT2D eigenvalue weighted by atomic mass is 32.3. The Hall–Kier alpha value is -2.27. The molecule has 0 amide bonds. The summed E-state index contributed by atoms with van der Waals surface area (Å²) in [5.41, 5.74) is 0.990. The molecule has 0 fully saturated rings. The van der Waals surface area contributed by atoms with Gasteiger partial charge in [0.25, 0.3) is 0 Å². The molecule has 38 heavy (non-hydrogen) atoms. The van der Waals surface area contributed by atoms with Gasteiger partial charge in [0.15, 0.2) is 6.10 Å². The molecule has 0 aromatic heterocycles. The molecule has 0 N–H and O–H groups in total. The van der Waals surface area contributed by atoms with E-state index in [1.54, 1.807) is 43.3 Å².